The van der Waals surface area contributed by atoms with Gasteiger partial charge in [0.05, 0.1) is 0 Å². The molecule has 0 aliphatic rings. The molecule has 0 saturated carbocycles. The Kier molecular flexibility index (Phi) is 67.5. The fourth-order valence-corrected chi connectivity index (χ4v) is 0. The molecule has 0 rings (SSSR count). The zero-order valence-electron chi connectivity index (χ0n) is 7.26. The number of allylic oxidation sites excluding steroid dienone is 2. The lowest BCUT2D eigenvalue weighted by molar-refractivity contribution is -0.104. The molecule has 0 bridgehead atoms. The molecule has 0 spiro atoms. The molecule has 0 radical (unpaired) electrons. The number of hydrogen-bond acceptors (Lipinski definition) is 1. The van der Waals surface area contributed by atoms with Gasteiger partial charge >= 0.3 is 0 Å². The lowest BCUT2D eigenvalue weighted by Crippen LogP contribution is -1.44. The summed E-state index contributed by atoms with van der Waals surface area (Å²) < 4.78 is 0. The number of carbonyl (C=O) groups excluding carboxylic acids is 1. The Morgan fingerprint density at radius 3 is 1.40 bits per heavy atom. The van der Waals surface area contributed by atoms with Gasteiger partial charge in [-0.1, -0.05) is 32.9 Å². The second kappa shape index (κ2) is 42.0. The predicted octanol–water partition coefficient (Wildman–Crippen LogP) is 2.98. The van der Waals surface area contributed by atoms with Crippen LogP contribution in [0.4, 0.5) is 0 Å². The van der Waals surface area contributed by atoms with Gasteiger partial charge in [-0.25, -0.2) is 0 Å². The third-order valence-electron chi connectivity index (χ3n) is 0.0962. The average molecular weight is 142 g/mol. The van der Waals surface area contributed by atoms with Gasteiger partial charge in [-0.15, -0.1) is 6.58 Å². The largest absolute Gasteiger partial charge is 0.299 e. The first-order chi connectivity index (χ1) is 4.74. The summed E-state index contributed by atoms with van der Waals surface area (Å²) in [6, 6.07) is 0. The Balaban J connectivity index is -0.0000000750. The van der Waals surface area contributed by atoms with Gasteiger partial charge in [0.15, 0.2) is 0 Å². The molecule has 0 fully saturated rings. The van der Waals surface area contributed by atoms with Crippen molar-refractivity contribution in [1.29, 1.82) is 0 Å². The molecule has 0 unspecified atom stereocenters. The molecular weight excluding hydrogens is 124 g/mol. The third kappa shape index (κ3) is 12000. The van der Waals surface area contributed by atoms with Crippen molar-refractivity contribution in [2.75, 3.05) is 0 Å². The van der Waals surface area contributed by atoms with E-state index in [9.17, 15) is 0 Å². The lowest BCUT2D eigenvalue weighted by atomic mass is 10.6. The van der Waals surface area contributed by atoms with Gasteiger partial charge in [0.25, 0.3) is 0 Å². The smallest absolute Gasteiger partial charge is 0.142 e. The first-order valence-electron chi connectivity index (χ1n) is 3.38. The summed E-state index contributed by atoms with van der Waals surface area (Å²) in [6.07, 6.45) is 4.83. The summed E-state index contributed by atoms with van der Waals surface area (Å²) in [4.78, 5) is 9.06. The number of carbonyl (C=O) groups is 1. The highest BCUT2D eigenvalue weighted by Crippen LogP contribution is 1.56. The predicted molar refractivity (Wildman–Crippen MR) is 48.1 cm³/mol. The van der Waals surface area contributed by atoms with Crippen molar-refractivity contribution in [2.45, 2.75) is 27.2 Å². The van der Waals surface area contributed by atoms with Crippen LogP contribution in [0.1, 0.15) is 27.2 Å². The standard InChI is InChI=1S/C3H4O.C3H8.C3H6/c1-2-3-4;2*1-3-2/h2-3H,1H2;3H2,1-2H3;3H,1H2,2H3. The van der Waals surface area contributed by atoms with E-state index in [1.807, 2.05) is 6.92 Å². The molecule has 60 valence electrons. The second-order valence-corrected chi connectivity index (χ2v) is 1.49. The number of aldehydes is 1. The second-order valence-electron chi connectivity index (χ2n) is 1.49. The van der Waals surface area contributed by atoms with Crippen molar-refractivity contribution < 1.29 is 4.79 Å². The van der Waals surface area contributed by atoms with E-state index in [2.05, 4.69) is 27.0 Å². The van der Waals surface area contributed by atoms with Gasteiger partial charge in [-0.2, -0.15) is 0 Å². The highest BCUT2D eigenvalue weighted by Gasteiger charge is 1.38. The van der Waals surface area contributed by atoms with Crippen LogP contribution in [0.5, 0.6) is 0 Å². The van der Waals surface area contributed by atoms with Crippen LogP contribution in [-0.2, 0) is 4.79 Å². The fourth-order valence-electron chi connectivity index (χ4n) is 0. The van der Waals surface area contributed by atoms with Gasteiger partial charge in [0.1, 0.15) is 6.29 Å². The van der Waals surface area contributed by atoms with E-state index in [4.69, 9.17) is 4.79 Å². The molecule has 1 nitrogen and oxygen atoms in total. The molecule has 0 aliphatic heterocycles. The van der Waals surface area contributed by atoms with Crippen LogP contribution in [0.15, 0.2) is 25.3 Å². The first kappa shape index (κ1) is 16.1. The van der Waals surface area contributed by atoms with E-state index in [1.165, 1.54) is 12.5 Å². The Morgan fingerprint density at radius 2 is 1.40 bits per heavy atom. The van der Waals surface area contributed by atoms with E-state index < -0.39 is 0 Å². The minimum absolute atomic E-state index is 0.639. The Hall–Kier alpha value is -0.850. The molecule has 0 atom stereocenters. The van der Waals surface area contributed by atoms with Crippen LogP contribution in [0, 0.1) is 0 Å². The van der Waals surface area contributed by atoms with Crippen molar-refractivity contribution in [3.8, 4) is 0 Å². The van der Waals surface area contributed by atoms with Gasteiger partial charge in [-0.3, -0.25) is 4.79 Å². The molecule has 0 aromatic heterocycles. The van der Waals surface area contributed by atoms with E-state index in [1.54, 1.807) is 6.08 Å². The van der Waals surface area contributed by atoms with E-state index in [0.29, 0.717) is 6.29 Å². The maximum Gasteiger partial charge on any atom is 0.142 e. The van der Waals surface area contributed by atoms with Gasteiger partial charge in [0, 0.05) is 0 Å². The van der Waals surface area contributed by atoms with Crippen LogP contribution in [-0.4, -0.2) is 6.29 Å². The Morgan fingerprint density at radius 1 is 1.30 bits per heavy atom. The molecule has 10 heavy (non-hydrogen) atoms. The molecule has 1 heteroatoms. The SMILES string of the molecule is C=CC.C=CC=O.CCC. The zero-order valence-corrected chi connectivity index (χ0v) is 7.26. The monoisotopic (exact) mass is 142 g/mol. The van der Waals surface area contributed by atoms with Crippen LogP contribution in [0.25, 0.3) is 0 Å². The molecule has 0 amide bonds. The quantitative estimate of drug-likeness (QED) is 0.312. The molecule has 0 aromatic rings. The average Bonchev–Trinajstić information content (AvgIpc) is 1.91. The Labute approximate surface area is 64.5 Å². The van der Waals surface area contributed by atoms with Crippen LogP contribution in [0.3, 0.4) is 0 Å². The topological polar surface area (TPSA) is 17.1 Å². The maximum absolute atomic E-state index is 9.06. The summed E-state index contributed by atoms with van der Waals surface area (Å²) in [5.41, 5.74) is 0. The number of hydrogen-bond donors (Lipinski definition) is 0. The van der Waals surface area contributed by atoms with Crippen molar-refractivity contribution in [2.24, 2.45) is 0 Å². The van der Waals surface area contributed by atoms with Crippen molar-refractivity contribution in [3.05, 3.63) is 25.3 Å². The molecule has 0 heterocycles. The highest BCUT2D eigenvalue weighted by molar-refractivity contribution is 5.63. The molecule has 0 saturated heterocycles. The van der Waals surface area contributed by atoms with Crippen LogP contribution in [0.2, 0.25) is 0 Å². The molecular formula is C9H18O. The van der Waals surface area contributed by atoms with E-state index >= 15 is 0 Å². The van der Waals surface area contributed by atoms with Crippen molar-refractivity contribution in [3.63, 3.8) is 0 Å². The summed E-state index contributed by atoms with van der Waals surface area (Å²) in [5, 5.41) is 0. The van der Waals surface area contributed by atoms with Crippen molar-refractivity contribution in [1.82, 2.24) is 0 Å². The van der Waals surface area contributed by atoms with E-state index in [-0.39, 0.29) is 0 Å². The fraction of sp³-hybridized carbons (Fsp3) is 0.444. The third-order valence-corrected chi connectivity index (χ3v) is 0.0962. The number of rotatable bonds is 1. The highest BCUT2D eigenvalue weighted by atomic mass is 16.1. The van der Waals surface area contributed by atoms with Crippen LogP contribution >= 0.6 is 0 Å². The molecule has 0 aliphatic carbocycles. The summed E-state index contributed by atoms with van der Waals surface area (Å²) in [6.45, 7) is 12.6. The summed E-state index contributed by atoms with van der Waals surface area (Å²) in [7, 11) is 0. The van der Waals surface area contributed by atoms with E-state index in [0.717, 1.165) is 0 Å². The first-order valence-corrected chi connectivity index (χ1v) is 3.38. The minimum atomic E-state index is 0.639. The summed E-state index contributed by atoms with van der Waals surface area (Å²) >= 11 is 0. The molecule has 0 aromatic carbocycles. The zero-order chi connectivity index (χ0) is 8.83. The maximum atomic E-state index is 9.06. The van der Waals surface area contributed by atoms with Gasteiger partial charge in [0.2, 0.25) is 0 Å². The van der Waals surface area contributed by atoms with Crippen LogP contribution < -0.4 is 0 Å². The molecule has 0 N–H and O–H groups in total. The summed E-state index contributed by atoms with van der Waals surface area (Å²) in [5.74, 6) is 0. The van der Waals surface area contributed by atoms with Gasteiger partial charge in [-0.05, 0) is 13.0 Å². The minimum Gasteiger partial charge on any atom is -0.299 e. The lowest BCUT2D eigenvalue weighted by Gasteiger charge is -1.48. The Bertz CT molecular complexity index is 59.1. The normalized spacial score (nSPS) is 5.10. The van der Waals surface area contributed by atoms with Crippen molar-refractivity contribution >= 4 is 6.29 Å². The van der Waals surface area contributed by atoms with Gasteiger partial charge < -0.3 is 0 Å².